The van der Waals surface area contributed by atoms with Gasteiger partial charge in [-0.05, 0) is 23.8 Å². The van der Waals surface area contributed by atoms with Crippen molar-refractivity contribution in [1.82, 2.24) is 5.01 Å². The molecule has 2 atom stereocenters. The molecule has 6 heteroatoms. The summed E-state index contributed by atoms with van der Waals surface area (Å²) >= 11 is 6.31. The van der Waals surface area contributed by atoms with E-state index in [-0.39, 0.29) is 11.9 Å². The lowest BCUT2D eigenvalue weighted by atomic mass is 9.91. The monoisotopic (exact) mass is 345 g/mol. The number of nitrogens with two attached hydrogens (primary N) is 1. The van der Waals surface area contributed by atoms with Crippen LogP contribution in [0.2, 0.25) is 5.02 Å². The summed E-state index contributed by atoms with van der Waals surface area (Å²) in [6, 6.07) is 13.7. The second kappa shape index (κ2) is 6.63. The SMILES string of the molecule is C=CN(CC1(c2ccc(F)cc2)OC1c1ccccc1Cl)/N=C\N. The predicted molar refractivity (Wildman–Crippen MR) is 92.9 cm³/mol. The molecule has 0 radical (unpaired) electrons. The van der Waals surface area contributed by atoms with Gasteiger partial charge in [-0.3, -0.25) is 5.01 Å². The number of hydrogen-bond acceptors (Lipinski definition) is 3. The topological polar surface area (TPSA) is 54.1 Å². The molecule has 1 saturated heterocycles. The van der Waals surface area contributed by atoms with Crippen LogP contribution in [0.1, 0.15) is 17.2 Å². The molecule has 3 rings (SSSR count). The molecular formula is C18H17ClFN3O. The molecule has 0 spiro atoms. The lowest BCUT2D eigenvalue weighted by Gasteiger charge is -2.20. The van der Waals surface area contributed by atoms with E-state index in [0.29, 0.717) is 11.6 Å². The zero-order valence-electron chi connectivity index (χ0n) is 12.9. The van der Waals surface area contributed by atoms with Crippen molar-refractivity contribution in [3.05, 3.63) is 83.3 Å². The van der Waals surface area contributed by atoms with E-state index in [1.54, 1.807) is 23.3 Å². The lowest BCUT2D eigenvalue weighted by Crippen LogP contribution is -2.27. The fourth-order valence-corrected chi connectivity index (χ4v) is 3.06. The number of hydrogen-bond donors (Lipinski definition) is 1. The van der Waals surface area contributed by atoms with Crippen LogP contribution in [0, 0.1) is 5.82 Å². The molecule has 1 aliphatic heterocycles. The summed E-state index contributed by atoms with van der Waals surface area (Å²) in [7, 11) is 0. The van der Waals surface area contributed by atoms with Crippen LogP contribution in [0.4, 0.5) is 4.39 Å². The predicted octanol–water partition coefficient (Wildman–Crippen LogP) is 3.79. The van der Waals surface area contributed by atoms with Gasteiger partial charge in [-0.1, -0.05) is 48.5 Å². The van der Waals surface area contributed by atoms with Crippen LogP contribution >= 0.6 is 11.6 Å². The molecule has 2 unspecified atom stereocenters. The molecule has 0 aromatic heterocycles. The molecule has 124 valence electrons. The van der Waals surface area contributed by atoms with E-state index in [1.165, 1.54) is 18.5 Å². The first-order valence-electron chi connectivity index (χ1n) is 7.42. The minimum Gasteiger partial charge on any atom is -0.388 e. The highest BCUT2D eigenvalue weighted by molar-refractivity contribution is 6.31. The average Bonchev–Trinajstić information content (AvgIpc) is 3.30. The first-order chi connectivity index (χ1) is 11.6. The average molecular weight is 346 g/mol. The second-order valence-corrected chi connectivity index (χ2v) is 5.87. The largest absolute Gasteiger partial charge is 0.388 e. The Kier molecular flexibility index (Phi) is 4.55. The van der Waals surface area contributed by atoms with Crippen LogP contribution < -0.4 is 5.73 Å². The molecule has 0 aliphatic carbocycles. The maximum Gasteiger partial charge on any atom is 0.144 e. The van der Waals surface area contributed by atoms with Gasteiger partial charge in [0.1, 0.15) is 23.9 Å². The highest BCUT2D eigenvalue weighted by Crippen LogP contribution is 2.58. The van der Waals surface area contributed by atoms with Gasteiger partial charge < -0.3 is 10.5 Å². The van der Waals surface area contributed by atoms with E-state index in [1.807, 2.05) is 24.3 Å². The summed E-state index contributed by atoms with van der Waals surface area (Å²) < 4.78 is 19.4. The zero-order chi connectivity index (χ0) is 17.2. The Morgan fingerprint density at radius 2 is 2.00 bits per heavy atom. The van der Waals surface area contributed by atoms with Crippen molar-refractivity contribution in [1.29, 1.82) is 0 Å². The van der Waals surface area contributed by atoms with Crippen LogP contribution in [0.15, 0.2) is 66.4 Å². The Morgan fingerprint density at radius 1 is 1.29 bits per heavy atom. The third kappa shape index (κ3) is 3.00. The summed E-state index contributed by atoms with van der Waals surface area (Å²) in [5.41, 5.74) is 6.40. The molecule has 0 saturated carbocycles. The number of nitrogens with zero attached hydrogens (tertiary/aromatic N) is 2. The van der Waals surface area contributed by atoms with Gasteiger partial charge >= 0.3 is 0 Å². The van der Waals surface area contributed by atoms with Gasteiger partial charge in [-0.25, -0.2) is 4.39 Å². The minimum atomic E-state index is -0.695. The first kappa shape index (κ1) is 16.5. The summed E-state index contributed by atoms with van der Waals surface area (Å²) in [5, 5.41) is 6.25. The van der Waals surface area contributed by atoms with E-state index in [4.69, 9.17) is 22.1 Å². The van der Waals surface area contributed by atoms with Crippen LogP contribution in [0.25, 0.3) is 0 Å². The van der Waals surface area contributed by atoms with Crippen molar-refractivity contribution in [2.24, 2.45) is 10.8 Å². The molecule has 2 aromatic rings. The van der Waals surface area contributed by atoms with Gasteiger partial charge in [0, 0.05) is 16.8 Å². The molecule has 1 fully saturated rings. The molecule has 0 bridgehead atoms. The second-order valence-electron chi connectivity index (χ2n) is 5.46. The maximum absolute atomic E-state index is 13.3. The number of halogens is 2. The van der Waals surface area contributed by atoms with Gasteiger partial charge in [0.15, 0.2) is 0 Å². The smallest absolute Gasteiger partial charge is 0.144 e. The van der Waals surface area contributed by atoms with Crippen molar-refractivity contribution >= 4 is 17.9 Å². The fraction of sp³-hybridized carbons (Fsp3) is 0.167. The van der Waals surface area contributed by atoms with E-state index in [0.717, 1.165) is 11.1 Å². The van der Waals surface area contributed by atoms with E-state index < -0.39 is 5.60 Å². The molecule has 1 aliphatic rings. The fourth-order valence-electron chi connectivity index (χ4n) is 2.82. The van der Waals surface area contributed by atoms with Crippen LogP contribution in [0.5, 0.6) is 0 Å². The van der Waals surface area contributed by atoms with Crippen LogP contribution in [0.3, 0.4) is 0 Å². The third-order valence-corrected chi connectivity index (χ3v) is 4.38. The number of hydrazone groups is 1. The number of ether oxygens (including phenoxy) is 1. The minimum absolute atomic E-state index is 0.257. The Hall–Kier alpha value is -2.37. The normalized spacial score (nSPS) is 22.5. The number of benzene rings is 2. The molecule has 4 nitrogen and oxygen atoms in total. The van der Waals surface area contributed by atoms with Crippen molar-refractivity contribution in [3.63, 3.8) is 0 Å². The molecule has 2 aromatic carbocycles. The Bertz CT molecular complexity index is 765. The quantitative estimate of drug-likeness (QED) is 0.375. The highest BCUT2D eigenvalue weighted by atomic mass is 35.5. The standard InChI is InChI=1S/C18H17ClFN3O/c1-2-23(22-12-21)11-18(13-7-9-14(20)10-8-13)17(24-18)15-5-3-4-6-16(15)19/h2-10,12,17H,1,11H2,(H2,21,22). The molecule has 0 amide bonds. The maximum atomic E-state index is 13.3. The number of epoxide rings is 1. The number of rotatable bonds is 6. The van der Waals surface area contributed by atoms with Crippen LogP contribution in [-0.4, -0.2) is 17.9 Å². The van der Waals surface area contributed by atoms with Gasteiger partial charge in [-0.2, -0.15) is 5.10 Å². The van der Waals surface area contributed by atoms with Gasteiger partial charge in [-0.15, -0.1) is 0 Å². The highest BCUT2D eigenvalue weighted by Gasteiger charge is 2.59. The lowest BCUT2D eigenvalue weighted by molar-refractivity contribution is 0.233. The first-order valence-corrected chi connectivity index (χ1v) is 7.80. The Balaban J connectivity index is 1.99. The van der Waals surface area contributed by atoms with Crippen molar-refractivity contribution < 1.29 is 9.13 Å². The molecule has 24 heavy (non-hydrogen) atoms. The van der Waals surface area contributed by atoms with Crippen molar-refractivity contribution in [2.75, 3.05) is 6.54 Å². The third-order valence-electron chi connectivity index (χ3n) is 4.04. The molecular weight excluding hydrogens is 329 g/mol. The molecule has 1 heterocycles. The van der Waals surface area contributed by atoms with Crippen molar-refractivity contribution in [2.45, 2.75) is 11.7 Å². The molecule has 2 N–H and O–H groups in total. The Morgan fingerprint density at radius 3 is 2.62 bits per heavy atom. The van der Waals surface area contributed by atoms with E-state index in [2.05, 4.69) is 11.7 Å². The van der Waals surface area contributed by atoms with E-state index >= 15 is 0 Å². The van der Waals surface area contributed by atoms with Gasteiger partial charge in [0.25, 0.3) is 0 Å². The van der Waals surface area contributed by atoms with Gasteiger partial charge in [0.2, 0.25) is 0 Å². The van der Waals surface area contributed by atoms with Crippen LogP contribution in [-0.2, 0) is 10.3 Å². The zero-order valence-corrected chi connectivity index (χ0v) is 13.7. The Labute approximate surface area is 145 Å². The van der Waals surface area contributed by atoms with Gasteiger partial charge in [0.05, 0.1) is 6.54 Å². The van der Waals surface area contributed by atoms with E-state index in [9.17, 15) is 4.39 Å². The summed E-state index contributed by atoms with van der Waals surface area (Å²) in [6.07, 6.45) is 2.49. The summed E-state index contributed by atoms with van der Waals surface area (Å²) in [6.45, 7) is 4.11. The van der Waals surface area contributed by atoms with Crippen molar-refractivity contribution in [3.8, 4) is 0 Å². The summed E-state index contributed by atoms with van der Waals surface area (Å²) in [4.78, 5) is 0. The summed E-state index contributed by atoms with van der Waals surface area (Å²) in [5.74, 6) is -0.301.